The highest BCUT2D eigenvalue weighted by Gasteiger charge is 2.28. The Morgan fingerprint density at radius 2 is 1.96 bits per heavy atom. The molecule has 1 aromatic heterocycles. The molecule has 142 valence electrons. The van der Waals surface area contributed by atoms with E-state index in [4.69, 9.17) is 22.7 Å². The van der Waals surface area contributed by atoms with E-state index in [9.17, 15) is 9.59 Å². The van der Waals surface area contributed by atoms with Crippen molar-refractivity contribution in [2.24, 2.45) is 11.7 Å². The maximum absolute atomic E-state index is 12.3. The van der Waals surface area contributed by atoms with Crippen LogP contribution in [-0.2, 0) is 17.6 Å². The number of rotatable bonds is 4. The molecule has 1 aliphatic rings. The molecule has 1 heterocycles. The number of hydrogen-bond acceptors (Lipinski definition) is 5. The average Bonchev–Trinajstić information content (AvgIpc) is 2.98. The highest BCUT2D eigenvalue weighted by molar-refractivity contribution is 7.80. The monoisotopic (exact) mass is 403 g/mol. The van der Waals surface area contributed by atoms with Gasteiger partial charge in [0.05, 0.1) is 12.7 Å². The summed E-state index contributed by atoms with van der Waals surface area (Å²) < 4.78 is 4.98. The van der Waals surface area contributed by atoms with Crippen LogP contribution in [0.5, 0.6) is 0 Å². The largest absolute Gasteiger partial charge is 0.465 e. The Kier molecular flexibility index (Phi) is 5.76. The molecule has 3 rings (SSSR count). The number of ether oxygens (including phenoxy) is 1. The van der Waals surface area contributed by atoms with Gasteiger partial charge in [-0.3, -0.25) is 4.79 Å². The minimum Gasteiger partial charge on any atom is -0.465 e. The van der Waals surface area contributed by atoms with Gasteiger partial charge in [-0.15, -0.1) is 11.3 Å². The molecule has 0 radical (unpaired) electrons. The van der Waals surface area contributed by atoms with Crippen LogP contribution in [0.15, 0.2) is 24.3 Å². The number of primary amides is 1. The molecule has 6 nitrogen and oxygen atoms in total. The van der Waals surface area contributed by atoms with Gasteiger partial charge in [0, 0.05) is 16.1 Å². The minimum atomic E-state index is -0.483. The number of anilines is 2. The number of carbonyl (C=O) groups excluding carboxylic acids is 2. The summed E-state index contributed by atoms with van der Waals surface area (Å²) in [7, 11) is 1.39. The van der Waals surface area contributed by atoms with Gasteiger partial charge in [-0.05, 0) is 67.2 Å². The van der Waals surface area contributed by atoms with Gasteiger partial charge in [0.25, 0.3) is 0 Å². The van der Waals surface area contributed by atoms with Gasteiger partial charge in [-0.2, -0.15) is 0 Å². The van der Waals surface area contributed by atoms with Gasteiger partial charge in [-0.25, -0.2) is 4.79 Å². The third-order valence-electron chi connectivity index (χ3n) is 4.56. The second-order valence-corrected chi connectivity index (χ2v) is 8.08. The number of amides is 1. The molecule has 1 aromatic carbocycles. The SMILES string of the molecule is COC(=O)c1c(NC(=S)Nc2ccc(C(N)=O)cc2)sc2c1CCC(C)C2. The van der Waals surface area contributed by atoms with Gasteiger partial charge in [-0.1, -0.05) is 6.92 Å². The zero-order chi connectivity index (χ0) is 19.6. The molecule has 1 unspecified atom stereocenters. The first-order chi connectivity index (χ1) is 12.9. The number of esters is 1. The Hall–Kier alpha value is -2.45. The standard InChI is InChI=1S/C19H21N3O3S2/c1-10-3-8-13-14(9-10)27-17(15(13)18(24)25-2)22-19(26)21-12-6-4-11(5-7-12)16(20)23/h4-7,10H,3,8-9H2,1-2H3,(H2,20,23)(H2,21,22,26). The van der Waals surface area contributed by atoms with Crippen molar-refractivity contribution in [1.29, 1.82) is 0 Å². The van der Waals surface area contributed by atoms with Crippen LogP contribution < -0.4 is 16.4 Å². The third-order valence-corrected chi connectivity index (χ3v) is 5.93. The molecule has 0 spiro atoms. The Morgan fingerprint density at radius 1 is 1.26 bits per heavy atom. The lowest BCUT2D eigenvalue weighted by Gasteiger charge is -2.18. The van der Waals surface area contributed by atoms with Gasteiger partial charge < -0.3 is 21.1 Å². The van der Waals surface area contributed by atoms with Crippen LogP contribution in [0.1, 0.15) is 44.5 Å². The number of nitrogens with one attached hydrogen (secondary N) is 2. The van der Waals surface area contributed by atoms with Crippen LogP contribution in [0.25, 0.3) is 0 Å². The van der Waals surface area contributed by atoms with Crippen LogP contribution in [0, 0.1) is 5.92 Å². The van der Waals surface area contributed by atoms with Crippen molar-refractivity contribution >= 4 is 51.2 Å². The molecule has 0 aliphatic heterocycles. The summed E-state index contributed by atoms with van der Waals surface area (Å²) in [6.07, 6.45) is 2.89. The molecule has 0 fully saturated rings. The van der Waals surface area contributed by atoms with Crippen molar-refractivity contribution in [1.82, 2.24) is 0 Å². The van der Waals surface area contributed by atoms with E-state index in [1.807, 2.05) is 0 Å². The first-order valence-electron chi connectivity index (χ1n) is 8.59. The molecular formula is C19H21N3O3S2. The topological polar surface area (TPSA) is 93.4 Å². The zero-order valence-corrected chi connectivity index (χ0v) is 16.8. The molecule has 2 aromatic rings. The molecule has 4 N–H and O–H groups in total. The summed E-state index contributed by atoms with van der Waals surface area (Å²) in [5, 5.41) is 7.24. The van der Waals surface area contributed by atoms with Crippen molar-refractivity contribution in [3.63, 3.8) is 0 Å². The fourth-order valence-corrected chi connectivity index (χ4v) is 4.83. The van der Waals surface area contributed by atoms with Crippen LogP contribution in [0.3, 0.4) is 0 Å². The second kappa shape index (κ2) is 8.06. The molecule has 27 heavy (non-hydrogen) atoms. The van der Waals surface area contributed by atoms with Crippen molar-refractivity contribution in [3.8, 4) is 0 Å². The van der Waals surface area contributed by atoms with Gasteiger partial charge in [0.15, 0.2) is 5.11 Å². The third kappa shape index (κ3) is 4.28. The molecular weight excluding hydrogens is 382 g/mol. The van der Waals surface area contributed by atoms with Crippen LogP contribution in [0.2, 0.25) is 0 Å². The van der Waals surface area contributed by atoms with Crippen LogP contribution in [0.4, 0.5) is 10.7 Å². The number of thiophene rings is 1. The summed E-state index contributed by atoms with van der Waals surface area (Å²) in [4.78, 5) is 24.7. The summed E-state index contributed by atoms with van der Waals surface area (Å²) in [6, 6.07) is 6.68. The van der Waals surface area contributed by atoms with E-state index < -0.39 is 5.91 Å². The molecule has 8 heteroatoms. The van der Waals surface area contributed by atoms with E-state index in [2.05, 4.69) is 17.6 Å². The van der Waals surface area contributed by atoms with E-state index in [0.29, 0.717) is 32.8 Å². The fourth-order valence-electron chi connectivity index (χ4n) is 3.14. The minimum absolute atomic E-state index is 0.349. The lowest BCUT2D eigenvalue weighted by Crippen LogP contribution is -2.20. The summed E-state index contributed by atoms with van der Waals surface area (Å²) in [6.45, 7) is 2.22. The predicted molar refractivity (Wildman–Crippen MR) is 112 cm³/mol. The lowest BCUT2D eigenvalue weighted by molar-refractivity contribution is 0.0600. The van der Waals surface area contributed by atoms with Gasteiger partial charge >= 0.3 is 5.97 Å². The Balaban J connectivity index is 1.79. The number of benzene rings is 1. The maximum atomic E-state index is 12.3. The van der Waals surface area contributed by atoms with E-state index in [-0.39, 0.29) is 5.97 Å². The second-order valence-electron chi connectivity index (χ2n) is 6.57. The summed E-state index contributed by atoms with van der Waals surface area (Å²) >= 11 is 6.94. The predicted octanol–water partition coefficient (Wildman–Crippen LogP) is 3.57. The molecule has 1 aliphatic carbocycles. The van der Waals surface area contributed by atoms with Crippen molar-refractivity contribution < 1.29 is 14.3 Å². The van der Waals surface area contributed by atoms with Crippen molar-refractivity contribution in [2.45, 2.75) is 26.2 Å². The average molecular weight is 404 g/mol. The fraction of sp³-hybridized carbons (Fsp3) is 0.316. The zero-order valence-electron chi connectivity index (χ0n) is 15.1. The van der Waals surface area contributed by atoms with Gasteiger partial charge in [0.1, 0.15) is 5.00 Å². The summed E-state index contributed by atoms with van der Waals surface area (Å²) in [5.74, 6) is -0.232. The summed E-state index contributed by atoms with van der Waals surface area (Å²) in [5.41, 5.74) is 8.03. The smallest absolute Gasteiger partial charge is 0.341 e. The molecule has 1 atom stereocenters. The van der Waals surface area contributed by atoms with Crippen LogP contribution >= 0.6 is 23.6 Å². The first kappa shape index (κ1) is 19.3. The number of nitrogens with two attached hydrogens (primary N) is 1. The molecule has 0 saturated heterocycles. The van der Waals surface area contributed by atoms with Crippen molar-refractivity contribution in [3.05, 3.63) is 45.8 Å². The highest BCUT2D eigenvalue weighted by atomic mass is 32.1. The van der Waals surface area contributed by atoms with Crippen molar-refractivity contribution in [2.75, 3.05) is 17.7 Å². The Bertz CT molecular complexity index is 890. The number of methoxy groups -OCH3 is 1. The van der Waals surface area contributed by atoms with E-state index >= 15 is 0 Å². The van der Waals surface area contributed by atoms with E-state index in [0.717, 1.165) is 24.8 Å². The number of fused-ring (bicyclic) bond motifs is 1. The van der Waals surface area contributed by atoms with Crippen LogP contribution in [-0.4, -0.2) is 24.1 Å². The normalized spacial score (nSPS) is 15.6. The highest BCUT2D eigenvalue weighted by Crippen LogP contribution is 2.40. The van der Waals surface area contributed by atoms with Gasteiger partial charge in [0.2, 0.25) is 5.91 Å². The Labute approximate surface area is 167 Å². The quantitative estimate of drug-likeness (QED) is 0.534. The number of carbonyl (C=O) groups is 2. The van der Waals surface area contributed by atoms with E-state index in [1.54, 1.807) is 35.6 Å². The molecule has 1 amide bonds. The Morgan fingerprint density at radius 3 is 2.59 bits per heavy atom. The first-order valence-corrected chi connectivity index (χ1v) is 9.82. The molecule has 0 saturated carbocycles. The number of hydrogen-bond donors (Lipinski definition) is 3. The number of thiocarbonyl (C=S) groups is 1. The maximum Gasteiger partial charge on any atom is 0.341 e. The molecule has 0 bridgehead atoms. The van der Waals surface area contributed by atoms with E-state index in [1.165, 1.54) is 12.0 Å². The lowest BCUT2D eigenvalue weighted by atomic mass is 9.88.